The van der Waals surface area contributed by atoms with Crippen LogP contribution in [0.15, 0.2) is 18.2 Å². The van der Waals surface area contributed by atoms with Crippen LogP contribution in [0.5, 0.6) is 0 Å². The van der Waals surface area contributed by atoms with Gasteiger partial charge in [-0.15, -0.1) is 0 Å². The molecule has 1 aromatic rings. The molecule has 2 aliphatic rings. The molecule has 1 saturated heterocycles. The van der Waals surface area contributed by atoms with Gasteiger partial charge in [-0.3, -0.25) is 4.90 Å². The van der Waals surface area contributed by atoms with E-state index in [0.29, 0.717) is 0 Å². The van der Waals surface area contributed by atoms with E-state index < -0.39 is 0 Å². The molecule has 0 amide bonds. The Morgan fingerprint density at radius 3 is 2.79 bits per heavy atom. The zero-order valence-electron chi connectivity index (χ0n) is 12.3. The number of nitrogens with zero attached hydrogens (tertiary/aromatic N) is 1. The van der Waals surface area contributed by atoms with Gasteiger partial charge in [0.15, 0.2) is 0 Å². The first-order chi connectivity index (χ1) is 9.20. The van der Waals surface area contributed by atoms with Crippen LogP contribution in [0.2, 0.25) is 0 Å². The number of rotatable bonds is 4. The molecular weight excluding hydrogens is 232 g/mol. The number of hydrogen-bond acceptors (Lipinski definition) is 2. The van der Waals surface area contributed by atoms with Crippen LogP contribution in [0.4, 0.5) is 0 Å². The Bertz CT molecular complexity index is 437. The monoisotopic (exact) mass is 258 g/mol. The number of likely N-dealkylation sites (tertiary alicyclic amines) is 1. The minimum Gasteiger partial charge on any atom is -0.310 e. The van der Waals surface area contributed by atoms with Crippen molar-refractivity contribution < 1.29 is 0 Å². The Labute approximate surface area is 117 Å². The molecule has 1 aliphatic carbocycles. The average Bonchev–Trinajstić information content (AvgIpc) is 3.18. The highest BCUT2D eigenvalue weighted by Gasteiger charge is 2.27. The fourth-order valence-corrected chi connectivity index (χ4v) is 3.13. The van der Waals surface area contributed by atoms with E-state index in [4.69, 9.17) is 0 Å². The second kappa shape index (κ2) is 5.64. The molecule has 0 aromatic heterocycles. The topological polar surface area (TPSA) is 15.3 Å². The Morgan fingerprint density at radius 1 is 1.16 bits per heavy atom. The van der Waals surface area contributed by atoms with Gasteiger partial charge in [-0.1, -0.05) is 23.8 Å². The van der Waals surface area contributed by atoms with Crippen LogP contribution in [0.3, 0.4) is 0 Å². The van der Waals surface area contributed by atoms with E-state index in [-0.39, 0.29) is 0 Å². The Balaban J connectivity index is 1.60. The highest BCUT2D eigenvalue weighted by molar-refractivity contribution is 5.30. The third-order valence-electron chi connectivity index (χ3n) is 4.45. The fraction of sp³-hybridized carbons (Fsp3) is 0.647. The fourth-order valence-electron chi connectivity index (χ4n) is 3.13. The van der Waals surface area contributed by atoms with E-state index in [0.717, 1.165) is 18.6 Å². The van der Waals surface area contributed by atoms with Crippen LogP contribution in [0.1, 0.15) is 42.4 Å². The van der Waals surface area contributed by atoms with Crippen molar-refractivity contribution in [3.63, 3.8) is 0 Å². The van der Waals surface area contributed by atoms with Crippen LogP contribution < -0.4 is 5.32 Å². The lowest BCUT2D eigenvalue weighted by Gasteiger charge is -2.33. The molecule has 1 heterocycles. The van der Waals surface area contributed by atoms with Gasteiger partial charge in [0.25, 0.3) is 0 Å². The summed E-state index contributed by atoms with van der Waals surface area (Å²) >= 11 is 0. The predicted molar refractivity (Wildman–Crippen MR) is 80.4 cm³/mol. The van der Waals surface area contributed by atoms with Gasteiger partial charge < -0.3 is 5.32 Å². The van der Waals surface area contributed by atoms with E-state index in [2.05, 4.69) is 42.3 Å². The molecule has 1 atom stereocenters. The van der Waals surface area contributed by atoms with E-state index in [1.807, 2.05) is 0 Å². The van der Waals surface area contributed by atoms with Crippen molar-refractivity contribution in [2.75, 3.05) is 13.1 Å². The third kappa shape index (κ3) is 3.58. The first kappa shape index (κ1) is 13.1. The Morgan fingerprint density at radius 2 is 2.00 bits per heavy atom. The summed E-state index contributed by atoms with van der Waals surface area (Å²) < 4.78 is 0. The van der Waals surface area contributed by atoms with Crippen LogP contribution >= 0.6 is 0 Å². The lowest BCUT2D eigenvalue weighted by Crippen LogP contribution is -2.46. The molecule has 1 aromatic carbocycles. The van der Waals surface area contributed by atoms with Gasteiger partial charge in [0.2, 0.25) is 0 Å². The van der Waals surface area contributed by atoms with Gasteiger partial charge in [-0.2, -0.15) is 0 Å². The summed E-state index contributed by atoms with van der Waals surface area (Å²) in [4.78, 5) is 2.63. The first-order valence-electron chi connectivity index (χ1n) is 7.75. The molecular formula is C17H26N2. The second-order valence-corrected chi connectivity index (χ2v) is 6.45. The highest BCUT2D eigenvalue weighted by atomic mass is 15.2. The van der Waals surface area contributed by atoms with Crippen LogP contribution in [-0.4, -0.2) is 30.1 Å². The van der Waals surface area contributed by atoms with Crippen molar-refractivity contribution in [3.8, 4) is 0 Å². The van der Waals surface area contributed by atoms with Crippen molar-refractivity contribution in [3.05, 3.63) is 34.9 Å². The van der Waals surface area contributed by atoms with E-state index in [9.17, 15) is 0 Å². The molecule has 2 heteroatoms. The van der Waals surface area contributed by atoms with Crippen LogP contribution in [0.25, 0.3) is 0 Å². The Hall–Kier alpha value is -0.860. The van der Waals surface area contributed by atoms with Gasteiger partial charge in [0, 0.05) is 25.2 Å². The third-order valence-corrected chi connectivity index (χ3v) is 4.45. The van der Waals surface area contributed by atoms with Crippen LogP contribution in [-0.2, 0) is 6.54 Å². The normalized spacial score (nSPS) is 24.6. The number of benzene rings is 1. The molecule has 0 bridgehead atoms. The van der Waals surface area contributed by atoms with Gasteiger partial charge in [0.1, 0.15) is 0 Å². The summed E-state index contributed by atoms with van der Waals surface area (Å²) in [5.74, 6) is 0. The van der Waals surface area contributed by atoms with Crippen molar-refractivity contribution >= 4 is 0 Å². The summed E-state index contributed by atoms with van der Waals surface area (Å²) in [7, 11) is 0. The maximum absolute atomic E-state index is 3.79. The maximum Gasteiger partial charge on any atom is 0.0237 e. The minimum absolute atomic E-state index is 0.728. The lowest BCUT2D eigenvalue weighted by atomic mass is 10.0. The van der Waals surface area contributed by atoms with E-state index in [1.165, 1.54) is 55.5 Å². The van der Waals surface area contributed by atoms with Crippen molar-refractivity contribution in [2.45, 2.75) is 58.2 Å². The van der Waals surface area contributed by atoms with Gasteiger partial charge in [-0.25, -0.2) is 0 Å². The molecule has 1 unspecified atom stereocenters. The number of nitrogens with one attached hydrogen (secondary N) is 1. The lowest BCUT2D eigenvalue weighted by molar-refractivity contribution is 0.182. The molecule has 104 valence electrons. The highest BCUT2D eigenvalue weighted by Crippen LogP contribution is 2.23. The molecule has 0 spiro atoms. The zero-order valence-corrected chi connectivity index (χ0v) is 12.3. The summed E-state index contributed by atoms with van der Waals surface area (Å²) in [6, 6.07) is 8.39. The largest absolute Gasteiger partial charge is 0.310 e. The van der Waals surface area contributed by atoms with Crippen molar-refractivity contribution in [1.29, 1.82) is 0 Å². The molecule has 1 aliphatic heterocycles. The van der Waals surface area contributed by atoms with Gasteiger partial charge in [-0.05, 0) is 57.2 Å². The standard InChI is InChI=1S/C17H26N2/c1-13-5-6-14(2)15(10-13)11-19-9-3-4-17(12-19)18-16-7-8-16/h5-6,10,16-18H,3-4,7-9,11-12H2,1-2H3. The average molecular weight is 258 g/mol. The molecule has 19 heavy (non-hydrogen) atoms. The minimum atomic E-state index is 0.728. The maximum atomic E-state index is 3.79. The smallest absolute Gasteiger partial charge is 0.0237 e. The quantitative estimate of drug-likeness (QED) is 0.893. The first-order valence-corrected chi connectivity index (χ1v) is 7.75. The molecule has 1 N–H and O–H groups in total. The van der Waals surface area contributed by atoms with Gasteiger partial charge >= 0.3 is 0 Å². The molecule has 2 fully saturated rings. The van der Waals surface area contributed by atoms with E-state index in [1.54, 1.807) is 0 Å². The van der Waals surface area contributed by atoms with Gasteiger partial charge in [0.05, 0.1) is 0 Å². The number of piperidine rings is 1. The van der Waals surface area contributed by atoms with Crippen molar-refractivity contribution in [1.82, 2.24) is 10.2 Å². The summed E-state index contributed by atoms with van der Waals surface area (Å²) in [5, 5.41) is 3.79. The second-order valence-electron chi connectivity index (χ2n) is 6.45. The molecule has 1 saturated carbocycles. The predicted octanol–water partition coefficient (Wildman–Crippen LogP) is 3.02. The SMILES string of the molecule is Cc1ccc(C)c(CN2CCCC(NC3CC3)C2)c1. The Kier molecular flexibility index (Phi) is 3.90. The molecule has 2 nitrogen and oxygen atoms in total. The number of aryl methyl sites for hydroxylation is 2. The molecule has 3 rings (SSSR count). The summed E-state index contributed by atoms with van der Waals surface area (Å²) in [5.41, 5.74) is 4.32. The summed E-state index contributed by atoms with van der Waals surface area (Å²) in [6.07, 6.45) is 5.50. The zero-order chi connectivity index (χ0) is 13.2. The number of hydrogen-bond donors (Lipinski definition) is 1. The van der Waals surface area contributed by atoms with Crippen LogP contribution in [0, 0.1) is 13.8 Å². The van der Waals surface area contributed by atoms with E-state index >= 15 is 0 Å². The molecule has 0 radical (unpaired) electrons. The summed E-state index contributed by atoms with van der Waals surface area (Å²) in [6.45, 7) is 8.03. The van der Waals surface area contributed by atoms with Crippen molar-refractivity contribution in [2.24, 2.45) is 0 Å².